The Labute approximate surface area is 131 Å². The quantitative estimate of drug-likeness (QED) is 0.867. The summed E-state index contributed by atoms with van der Waals surface area (Å²) in [6.07, 6.45) is 0. The minimum atomic E-state index is -0.947. The molecule has 0 radical (unpaired) electrons. The molecule has 0 aromatic rings. The number of hydrogen-bond acceptors (Lipinski definition) is 3. The summed E-state index contributed by atoms with van der Waals surface area (Å²) in [5.74, 6) is 0.479. The lowest BCUT2D eigenvalue weighted by atomic mass is 9.99. The van der Waals surface area contributed by atoms with Crippen molar-refractivity contribution in [2.75, 3.05) is 25.4 Å². The van der Waals surface area contributed by atoms with E-state index in [9.17, 15) is 9.00 Å². The molecule has 0 unspecified atom stereocenters. The van der Waals surface area contributed by atoms with Crippen molar-refractivity contribution in [3.63, 3.8) is 0 Å². The van der Waals surface area contributed by atoms with Crippen LogP contribution in [0.3, 0.4) is 0 Å². The molecular formula is C15H30N2O3S. The lowest BCUT2D eigenvalue weighted by Gasteiger charge is -2.47. The first-order valence-corrected chi connectivity index (χ1v) is 8.76. The molecule has 1 saturated heterocycles. The Morgan fingerprint density at radius 3 is 2.10 bits per heavy atom. The van der Waals surface area contributed by atoms with Gasteiger partial charge in [0.1, 0.15) is 0 Å². The Kier molecular flexibility index (Phi) is 5.48. The number of nitrogens with zero attached hydrogens (tertiary/aromatic N) is 1. The van der Waals surface area contributed by atoms with Crippen LogP contribution in [0, 0.1) is 0 Å². The normalized spacial score (nSPS) is 22.7. The summed E-state index contributed by atoms with van der Waals surface area (Å²) in [5.41, 5.74) is -0.708. The van der Waals surface area contributed by atoms with Gasteiger partial charge in [-0.2, -0.15) is 0 Å². The fraction of sp³-hybridized carbons (Fsp3) is 0.933. The van der Waals surface area contributed by atoms with Crippen molar-refractivity contribution in [3.05, 3.63) is 0 Å². The number of morpholine rings is 1. The van der Waals surface area contributed by atoms with Gasteiger partial charge in [0.05, 0.1) is 24.3 Å². The molecule has 0 saturated carbocycles. The molecule has 0 aromatic carbocycles. The SMILES string of the molecule is CC1(C)CN(C(=O)NCC[S@@](=O)C(C)(C)C)CC(C)(C)O1. The number of nitrogens with one attached hydrogen (secondary N) is 1. The summed E-state index contributed by atoms with van der Waals surface area (Å²) in [5, 5.41) is 2.87. The van der Waals surface area contributed by atoms with Crippen LogP contribution in [0.1, 0.15) is 48.5 Å². The lowest BCUT2D eigenvalue weighted by Crippen LogP contribution is -2.60. The molecule has 1 atom stereocenters. The van der Waals surface area contributed by atoms with E-state index < -0.39 is 10.8 Å². The number of carbonyl (C=O) groups excluding carboxylic acids is 1. The molecule has 124 valence electrons. The Hall–Kier alpha value is -0.620. The van der Waals surface area contributed by atoms with E-state index in [1.54, 1.807) is 4.90 Å². The van der Waals surface area contributed by atoms with Crippen molar-refractivity contribution in [1.82, 2.24) is 10.2 Å². The van der Waals surface area contributed by atoms with E-state index in [-0.39, 0.29) is 22.0 Å². The molecule has 0 bridgehead atoms. The highest BCUT2D eigenvalue weighted by Gasteiger charge is 2.39. The van der Waals surface area contributed by atoms with Gasteiger partial charge in [-0.25, -0.2) is 4.79 Å². The average molecular weight is 318 g/mol. The van der Waals surface area contributed by atoms with E-state index in [1.165, 1.54) is 0 Å². The highest BCUT2D eigenvalue weighted by atomic mass is 32.2. The van der Waals surface area contributed by atoms with Gasteiger partial charge in [-0.15, -0.1) is 0 Å². The number of hydrogen-bond donors (Lipinski definition) is 1. The number of rotatable bonds is 3. The van der Waals surface area contributed by atoms with Gasteiger partial charge in [-0.3, -0.25) is 4.21 Å². The van der Waals surface area contributed by atoms with Crippen molar-refractivity contribution >= 4 is 16.8 Å². The summed E-state index contributed by atoms with van der Waals surface area (Å²) < 4.78 is 17.7. The smallest absolute Gasteiger partial charge is 0.317 e. The van der Waals surface area contributed by atoms with Gasteiger partial charge in [-0.05, 0) is 48.5 Å². The van der Waals surface area contributed by atoms with Crippen LogP contribution in [0.2, 0.25) is 0 Å². The minimum absolute atomic E-state index is 0.106. The van der Waals surface area contributed by atoms with Gasteiger partial charge in [0.25, 0.3) is 0 Å². The highest BCUT2D eigenvalue weighted by Crippen LogP contribution is 2.27. The number of ether oxygens (including phenoxy) is 1. The Bertz CT molecular complexity index is 398. The second-order valence-corrected chi connectivity index (χ2v) is 10.2. The van der Waals surface area contributed by atoms with Gasteiger partial charge in [0, 0.05) is 27.8 Å². The van der Waals surface area contributed by atoms with Crippen molar-refractivity contribution < 1.29 is 13.7 Å². The Morgan fingerprint density at radius 1 is 1.19 bits per heavy atom. The molecule has 1 heterocycles. The Balaban J connectivity index is 2.51. The molecule has 1 aliphatic rings. The number of carbonyl (C=O) groups is 1. The summed E-state index contributed by atoms with van der Waals surface area (Å²) in [6, 6.07) is -0.106. The molecule has 5 nitrogen and oxygen atoms in total. The summed E-state index contributed by atoms with van der Waals surface area (Å²) >= 11 is 0. The van der Waals surface area contributed by atoms with Crippen LogP contribution in [0.5, 0.6) is 0 Å². The maximum absolute atomic E-state index is 12.3. The first kappa shape index (κ1) is 18.4. The zero-order chi connectivity index (χ0) is 16.5. The molecule has 6 heteroatoms. The number of amides is 2. The maximum Gasteiger partial charge on any atom is 0.317 e. The van der Waals surface area contributed by atoms with Gasteiger partial charge in [0.2, 0.25) is 0 Å². The molecule has 1 fully saturated rings. The van der Waals surface area contributed by atoms with Gasteiger partial charge >= 0.3 is 6.03 Å². The van der Waals surface area contributed by atoms with Crippen LogP contribution in [0.4, 0.5) is 4.79 Å². The fourth-order valence-electron chi connectivity index (χ4n) is 2.60. The fourth-order valence-corrected chi connectivity index (χ4v) is 3.50. The predicted octanol–water partition coefficient (Wildman–Crippen LogP) is 2.13. The topological polar surface area (TPSA) is 58.6 Å². The maximum atomic E-state index is 12.3. The summed E-state index contributed by atoms with van der Waals surface area (Å²) in [4.78, 5) is 14.0. The average Bonchev–Trinajstić information content (AvgIpc) is 2.22. The Morgan fingerprint density at radius 2 is 1.67 bits per heavy atom. The first-order chi connectivity index (χ1) is 9.32. The molecule has 0 spiro atoms. The van der Waals surface area contributed by atoms with E-state index in [1.807, 2.05) is 48.5 Å². The highest BCUT2D eigenvalue weighted by molar-refractivity contribution is 7.86. The summed E-state index contributed by atoms with van der Waals surface area (Å²) in [7, 11) is -0.947. The molecule has 1 N–H and O–H groups in total. The van der Waals surface area contributed by atoms with E-state index in [0.717, 1.165) is 0 Å². The van der Waals surface area contributed by atoms with Crippen LogP contribution in [-0.4, -0.2) is 56.5 Å². The lowest BCUT2D eigenvalue weighted by molar-refractivity contribution is -0.170. The minimum Gasteiger partial charge on any atom is -0.366 e. The number of urea groups is 1. The van der Waals surface area contributed by atoms with Gasteiger partial charge in [0.15, 0.2) is 0 Å². The van der Waals surface area contributed by atoms with Gasteiger partial charge in [-0.1, -0.05) is 0 Å². The molecule has 0 aromatic heterocycles. The third kappa shape index (κ3) is 5.94. The van der Waals surface area contributed by atoms with Crippen LogP contribution in [0.25, 0.3) is 0 Å². The van der Waals surface area contributed by atoms with Crippen molar-refractivity contribution in [2.45, 2.75) is 64.4 Å². The monoisotopic (exact) mass is 318 g/mol. The third-order valence-corrected chi connectivity index (χ3v) is 5.17. The van der Waals surface area contributed by atoms with E-state index in [2.05, 4.69) is 5.32 Å². The first-order valence-electron chi connectivity index (χ1n) is 7.44. The van der Waals surface area contributed by atoms with Crippen molar-refractivity contribution in [2.24, 2.45) is 0 Å². The molecular weight excluding hydrogens is 288 g/mol. The van der Waals surface area contributed by atoms with Crippen LogP contribution in [-0.2, 0) is 15.5 Å². The van der Waals surface area contributed by atoms with Crippen molar-refractivity contribution in [3.8, 4) is 0 Å². The van der Waals surface area contributed by atoms with E-state index >= 15 is 0 Å². The molecule has 1 rings (SSSR count). The predicted molar refractivity (Wildman–Crippen MR) is 87.0 cm³/mol. The largest absolute Gasteiger partial charge is 0.366 e. The van der Waals surface area contributed by atoms with Crippen LogP contribution < -0.4 is 5.32 Å². The van der Waals surface area contributed by atoms with E-state index in [0.29, 0.717) is 25.4 Å². The standard InChI is InChI=1S/C15H30N2O3S/c1-13(2,3)21(19)9-8-16-12(18)17-10-14(4,5)20-15(6,7)11-17/h8-11H2,1-7H3,(H,16,18)/t21-/m1/s1. The van der Waals surface area contributed by atoms with Gasteiger partial charge < -0.3 is 15.0 Å². The molecule has 0 aliphatic carbocycles. The zero-order valence-corrected chi connectivity index (χ0v) is 15.2. The van der Waals surface area contributed by atoms with Crippen LogP contribution in [0.15, 0.2) is 0 Å². The molecule has 2 amide bonds. The van der Waals surface area contributed by atoms with Crippen molar-refractivity contribution in [1.29, 1.82) is 0 Å². The zero-order valence-electron chi connectivity index (χ0n) is 14.4. The molecule has 1 aliphatic heterocycles. The second-order valence-electron chi connectivity index (χ2n) is 7.87. The molecule has 21 heavy (non-hydrogen) atoms. The van der Waals surface area contributed by atoms with E-state index in [4.69, 9.17) is 4.74 Å². The third-order valence-electron chi connectivity index (χ3n) is 3.23. The second kappa shape index (κ2) is 6.24. The summed E-state index contributed by atoms with van der Waals surface area (Å²) in [6.45, 7) is 15.3. The van der Waals surface area contributed by atoms with Crippen LogP contribution >= 0.6 is 0 Å².